The van der Waals surface area contributed by atoms with Crippen LogP contribution in [0.3, 0.4) is 0 Å². The Bertz CT molecular complexity index is 1640. The standard InChI is InChI=1S/C34H33FN2O4/c1-21-19-34(2,3)37-29-17-16-23(26(32(21)29)20-36-28-12-8-9-13-30(28)39-4)24-15-14-22(18-31(24)40-5)41-33(38)25-10-6-7-11-27(25)35/h6-19,36-37H,20H2,1-5H3. The Hall–Kier alpha value is -4.78. The molecule has 0 radical (unpaired) electrons. The number of allylic oxidation sites excluding steroid dienone is 1. The number of benzene rings is 4. The maximum atomic E-state index is 14.1. The summed E-state index contributed by atoms with van der Waals surface area (Å²) in [5.74, 6) is 0.118. The molecule has 0 saturated carbocycles. The smallest absolute Gasteiger partial charge is 0.346 e. The highest BCUT2D eigenvalue weighted by molar-refractivity contribution is 5.92. The Morgan fingerprint density at radius 2 is 1.61 bits per heavy atom. The molecule has 0 aromatic heterocycles. The van der Waals surface area contributed by atoms with Crippen LogP contribution in [-0.2, 0) is 6.54 Å². The van der Waals surface area contributed by atoms with Crippen molar-refractivity contribution in [2.45, 2.75) is 32.9 Å². The van der Waals surface area contributed by atoms with Crippen molar-refractivity contribution in [1.82, 2.24) is 0 Å². The molecule has 1 heterocycles. The van der Waals surface area contributed by atoms with E-state index in [-0.39, 0.29) is 16.9 Å². The second-order valence-electron chi connectivity index (χ2n) is 10.5. The summed E-state index contributed by atoms with van der Waals surface area (Å²) in [7, 11) is 3.22. The van der Waals surface area contributed by atoms with E-state index >= 15 is 0 Å². The summed E-state index contributed by atoms with van der Waals surface area (Å²) in [4.78, 5) is 12.6. The number of esters is 1. The summed E-state index contributed by atoms with van der Waals surface area (Å²) in [5, 5.41) is 7.19. The van der Waals surface area contributed by atoms with Crippen molar-refractivity contribution in [3.05, 3.63) is 107 Å². The quantitative estimate of drug-likeness (QED) is 0.171. The van der Waals surface area contributed by atoms with Crippen molar-refractivity contribution in [2.24, 2.45) is 0 Å². The summed E-state index contributed by atoms with van der Waals surface area (Å²) in [6, 6.07) is 22.9. The highest BCUT2D eigenvalue weighted by Gasteiger charge is 2.27. The third-order valence-corrected chi connectivity index (χ3v) is 7.07. The average Bonchev–Trinajstić information content (AvgIpc) is 2.95. The van der Waals surface area contributed by atoms with Crippen LogP contribution in [0, 0.1) is 5.82 Å². The number of para-hydroxylation sites is 2. The van der Waals surface area contributed by atoms with Gasteiger partial charge in [0.25, 0.3) is 0 Å². The molecular weight excluding hydrogens is 519 g/mol. The lowest BCUT2D eigenvalue weighted by molar-refractivity contribution is 0.0729. The Morgan fingerprint density at radius 3 is 2.37 bits per heavy atom. The van der Waals surface area contributed by atoms with E-state index in [4.69, 9.17) is 14.2 Å². The zero-order valence-corrected chi connectivity index (χ0v) is 23.8. The number of rotatable bonds is 8. The van der Waals surface area contributed by atoms with Crippen molar-refractivity contribution in [1.29, 1.82) is 0 Å². The van der Waals surface area contributed by atoms with Crippen LogP contribution in [-0.4, -0.2) is 25.7 Å². The van der Waals surface area contributed by atoms with Crippen LogP contribution in [0.4, 0.5) is 15.8 Å². The Morgan fingerprint density at radius 1 is 0.902 bits per heavy atom. The van der Waals surface area contributed by atoms with Gasteiger partial charge >= 0.3 is 5.97 Å². The fourth-order valence-corrected chi connectivity index (χ4v) is 5.36. The number of nitrogens with one attached hydrogen (secondary N) is 2. The summed E-state index contributed by atoms with van der Waals surface area (Å²) in [6.07, 6.45) is 2.23. The number of hydrogen-bond acceptors (Lipinski definition) is 6. The van der Waals surface area contributed by atoms with E-state index in [0.29, 0.717) is 12.3 Å². The van der Waals surface area contributed by atoms with E-state index in [1.165, 1.54) is 18.2 Å². The number of hydrogen-bond donors (Lipinski definition) is 2. The first-order chi connectivity index (χ1) is 19.7. The van der Waals surface area contributed by atoms with Gasteiger partial charge in [0.15, 0.2) is 0 Å². The van der Waals surface area contributed by atoms with Crippen LogP contribution >= 0.6 is 0 Å². The van der Waals surface area contributed by atoms with Gasteiger partial charge in [-0.1, -0.05) is 36.4 Å². The summed E-state index contributed by atoms with van der Waals surface area (Å²) in [5.41, 5.74) is 6.74. The van der Waals surface area contributed by atoms with E-state index in [1.54, 1.807) is 32.4 Å². The van der Waals surface area contributed by atoms with Gasteiger partial charge in [-0.25, -0.2) is 9.18 Å². The van der Waals surface area contributed by atoms with Crippen molar-refractivity contribution in [2.75, 3.05) is 24.9 Å². The number of halogens is 1. The van der Waals surface area contributed by atoms with Crippen LogP contribution in [0.25, 0.3) is 16.7 Å². The molecule has 0 atom stereocenters. The minimum atomic E-state index is -0.775. The van der Waals surface area contributed by atoms with Gasteiger partial charge in [-0.3, -0.25) is 0 Å². The number of ether oxygens (including phenoxy) is 3. The molecule has 41 heavy (non-hydrogen) atoms. The topological polar surface area (TPSA) is 68.8 Å². The van der Waals surface area contributed by atoms with Crippen molar-refractivity contribution in [3.63, 3.8) is 0 Å². The van der Waals surface area contributed by atoms with Crippen molar-refractivity contribution < 1.29 is 23.4 Å². The Kier molecular flexibility index (Phi) is 7.70. The largest absolute Gasteiger partial charge is 0.496 e. The predicted octanol–water partition coefficient (Wildman–Crippen LogP) is 7.95. The van der Waals surface area contributed by atoms with Gasteiger partial charge in [0.2, 0.25) is 0 Å². The second kappa shape index (κ2) is 11.4. The molecule has 210 valence electrons. The van der Waals surface area contributed by atoms with E-state index in [1.807, 2.05) is 30.3 Å². The van der Waals surface area contributed by atoms with Gasteiger partial charge in [0, 0.05) is 29.4 Å². The molecule has 2 N–H and O–H groups in total. The molecule has 0 spiro atoms. The predicted molar refractivity (Wildman–Crippen MR) is 161 cm³/mol. The lowest BCUT2D eigenvalue weighted by Gasteiger charge is -2.33. The lowest BCUT2D eigenvalue weighted by atomic mass is 9.85. The van der Waals surface area contributed by atoms with Crippen LogP contribution in [0.2, 0.25) is 0 Å². The van der Waals surface area contributed by atoms with Crippen molar-refractivity contribution in [3.8, 4) is 28.4 Å². The zero-order chi connectivity index (χ0) is 29.1. The number of carbonyl (C=O) groups excluding carboxylic acids is 1. The first kappa shape index (κ1) is 27.8. The second-order valence-corrected chi connectivity index (χ2v) is 10.5. The molecule has 1 aliphatic heterocycles. The minimum Gasteiger partial charge on any atom is -0.496 e. The number of fused-ring (bicyclic) bond motifs is 1. The molecule has 1 aliphatic rings. The molecule has 4 aromatic rings. The normalized spacial score (nSPS) is 13.4. The average molecular weight is 553 g/mol. The van der Waals surface area contributed by atoms with E-state index in [0.717, 1.165) is 45.0 Å². The lowest BCUT2D eigenvalue weighted by Crippen LogP contribution is -2.32. The molecule has 7 heteroatoms. The molecule has 0 fully saturated rings. The summed E-state index contributed by atoms with van der Waals surface area (Å²) < 4.78 is 31.0. The summed E-state index contributed by atoms with van der Waals surface area (Å²) >= 11 is 0. The first-order valence-electron chi connectivity index (χ1n) is 13.4. The monoisotopic (exact) mass is 552 g/mol. The molecule has 0 amide bonds. The molecule has 0 saturated heterocycles. The molecule has 0 aliphatic carbocycles. The van der Waals surface area contributed by atoms with Crippen LogP contribution in [0.5, 0.6) is 17.2 Å². The van der Waals surface area contributed by atoms with Gasteiger partial charge in [-0.2, -0.15) is 0 Å². The van der Waals surface area contributed by atoms with Gasteiger partial charge in [-0.15, -0.1) is 0 Å². The van der Waals surface area contributed by atoms with Gasteiger partial charge < -0.3 is 24.8 Å². The zero-order valence-electron chi connectivity index (χ0n) is 23.8. The fourth-order valence-electron chi connectivity index (χ4n) is 5.36. The van der Waals surface area contributed by atoms with Crippen LogP contribution in [0.15, 0.2) is 84.9 Å². The van der Waals surface area contributed by atoms with E-state index in [2.05, 4.69) is 49.6 Å². The highest BCUT2D eigenvalue weighted by atomic mass is 19.1. The molecule has 6 nitrogen and oxygen atoms in total. The minimum absolute atomic E-state index is 0.132. The Balaban J connectivity index is 1.56. The maximum absolute atomic E-state index is 14.1. The number of anilines is 2. The molecule has 4 aromatic carbocycles. The maximum Gasteiger partial charge on any atom is 0.346 e. The first-order valence-corrected chi connectivity index (χ1v) is 13.4. The molecule has 0 unspecified atom stereocenters. The number of methoxy groups -OCH3 is 2. The number of carbonyl (C=O) groups is 1. The molecule has 5 rings (SSSR count). The van der Waals surface area contributed by atoms with Crippen LogP contribution in [0.1, 0.15) is 42.3 Å². The van der Waals surface area contributed by atoms with Gasteiger partial charge in [-0.05, 0) is 79.9 Å². The molecule has 0 bridgehead atoms. The van der Waals surface area contributed by atoms with Gasteiger partial charge in [0.05, 0.1) is 31.0 Å². The van der Waals surface area contributed by atoms with Gasteiger partial charge in [0.1, 0.15) is 23.1 Å². The van der Waals surface area contributed by atoms with E-state index in [9.17, 15) is 9.18 Å². The Labute approximate surface area is 239 Å². The molecular formula is C34H33FN2O4. The third kappa shape index (κ3) is 5.75. The third-order valence-electron chi connectivity index (χ3n) is 7.07. The SMILES string of the molecule is COc1ccccc1NCc1c(-c2ccc(OC(=O)c3ccccc3F)cc2OC)ccc2c1C(C)=CC(C)(C)N2. The fraction of sp³-hybridized carbons (Fsp3) is 0.206. The highest BCUT2D eigenvalue weighted by Crippen LogP contribution is 2.43. The van der Waals surface area contributed by atoms with Crippen LogP contribution < -0.4 is 24.8 Å². The van der Waals surface area contributed by atoms with Crippen molar-refractivity contribution >= 4 is 22.9 Å². The summed E-state index contributed by atoms with van der Waals surface area (Å²) in [6.45, 7) is 6.93. The van der Waals surface area contributed by atoms with E-state index < -0.39 is 11.8 Å².